The van der Waals surface area contributed by atoms with Gasteiger partial charge in [-0.2, -0.15) is 0 Å². The number of amides is 1. The van der Waals surface area contributed by atoms with E-state index in [9.17, 15) is 4.79 Å². The van der Waals surface area contributed by atoms with Gasteiger partial charge in [0.05, 0.1) is 6.54 Å². The number of para-hydroxylation sites is 1. The van der Waals surface area contributed by atoms with Gasteiger partial charge in [-0.05, 0) is 44.7 Å². The molecule has 1 aliphatic heterocycles. The number of nitrogens with zero attached hydrogens (tertiary/aromatic N) is 2. The second-order valence-electron chi connectivity index (χ2n) is 6.56. The average Bonchev–Trinajstić information content (AvgIpc) is 2.59. The SMILES string of the molecule is CCNC(=NCC(C)Oc1ccccc1)N1CCCC(CC(N)=O)C1. The summed E-state index contributed by atoms with van der Waals surface area (Å²) >= 11 is 0. The third kappa shape index (κ3) is 6.64. The molecular weight excluding hydrogens is 316 g/mol. The summed E-state index contributed by atoms with van der Waals surface area (Å²) in [5.74, 6) is 1.83. The van der Waals surface area contributed by atoms with Crippen molar-refractivity contribution in [3.05, 3.63) is 30.3 Å². The van der Waals surface area contributed by atoms with Crippen LogP contribution >= 0.6 is 0 Å². The molecule has 6 nitrogen and oxygen atoms in total. The molecule has 1 amide bonds. The van der Waals surface area contributed by atoms with Gasteiger partial charge in [-0.25, -0.2) is 4.99 Å². The summed E-state index contributed by atoms with van der Waals surface area (Å²) in [6, 6.07) is 9.79. The third-order valence-corrected chi connectivity index (χ3v) is 4.22. The Labute approximate surface area is 150 Å². The zero-order valence-electron chi connectivity index (χ0n) is 15.3. The molecule has 138 valence electrons. The second kappa shape index (κ2) is 9.91. The van der Waals surface area contributed by atoms with E-state index in [1.807, 2.05) is 37.3 Å². The molecule has 3 N–H and O–H groups in total. The highest BCUT2D eigenvalue weighted by Gasteiger charge is 2.23. The second-order valence-corrected chi connectivity index (χ2v) is 6.56. The fourth-order valence-electron chi connectivity index (χ4n) is 3.12. The molecule has 2 rings (SSSR count). The first-order valence-corrected chi connectivity index (χ1v) is 9.11. The Morgan fingerprint density at radius 1 is 1.44 bits per heavy atom. The lowest BCUT2D eigenvalue weighted by atomic mass is 9.95. The van der Waals surface area contributed by atoms with Crippen molar-refractivity contribution in [3.63, 3.8) is 0 Å². The number of piperidine rings is 1. The molecule has 0 radical (unpaired) electrons. The Hall–Kier alpha value is -2.24. The molecule has 1 saturated heterocycles. The summed E-state index contributed by atoms with van der Waals surface area (Å²) < 4.78 is 5.89. The predicted octanol–water partition coefficient (Wildman–Crippen LogP) is 2.01. The van der Waals surface area contributed by atoms with Crippen LogP contribution in [0.3, 0.4) is 0 Å². The van der Waals surface area contributed by atoms with Crippen LogP contribution in [0, 0.1) is 5.92 Å². The molecule has 1 fully saturated rings. The first-order chi connectivity index (χ1) is 12.1. The largest absolute Gasteiger partial charge is 0.489 e. The Morgan fingerprint density at radius 3 is 2.88 bits per heavy atom. The van der Waals surface area contributed by atoms with Crippen LogP contribution in [0.4, 0.5) is 0 Å². The van der Waals surface area contributed by atoms with E-state index in [1.54, 1.807) is 0 Å². The molecule has 1 aromatic rings. The number of hydrogen-bond donors (Lipinski definition) is 2. The Bertz CT molecular complexity index is 562. The first kappa shape index (κ1) is 19.1. The minimum Gasteiger partial charge on any atom is -0.489 e. The highest BCUT2D eigenvalue weighted by Crippen LogP contribution is 2.19. The Kier molecular flexibility index (Phi) is 7.57. The van der Waals surface area contributed by atoms with E-state index in [0.717, 1.165) is 44.2 Å². The number of primary amides is 1. The molecule has 25 heavy (non-hydrogen) atoms. The zero-order chi connectivity index (χ0) is 18.1. The number of nitrogens with two attached hydrogens (primary N) is 1. The number of guanidine groups is 1. The van der Waals surface area contributed by atoms with Crippen LogP contribution in [0.25, 0.3) is 0 Å². The average molecular weight is 346 g/mol. The Balaban J connectivity index is 1.93. The highest BCUT2D eigenvalue weighted by atomic mass is 16.5. The molecule has 2 unspecified atom stereocenters. The number of nitrogens with one attached hydrogen (secondary N) is 1. The maximum atomic E-state index is 11.2. The van der Waals surface area contributed by atoms with Gasteiger partial charge < -0.3 is 20.7 Å². The maximum Gasteiger partial charge on any atom is 0.217 e. The number of hydrogen-bond acceptors (Lipinski definition) is 3. The molecule has 6 heteroatoms. The number of rotatable bonds is 7. The Morgan fingerprint density at radius 2 is 2.20 bits per heavy atom. The lowest BCUT2D eigenvalue weighted by Gasteiger charge is -2.34. The van der Waals surface area contributed by atoms with Gasteiger partial charge in [0.2, 0.25) is 5.91 Å². The summed E-state index contributed by atoms with van der Waals surface area (Å²) in [6.07, 6.45) is 2.54. The number of likely N-dealkylation sites (tertiary alicyclic amines) is 1. The van der Waals surface area contributed by atoms with E-state index >= 15 is 0 Å². The van der Waals surface area contributed by atoms with Crippen molar-refractivity contribution in [2.24, 2.45) is 16.6 Å². The normalized spacial score (nSPS) is 19.4. The van der Waals surface area contributed by atoms with Gasteiger partial charge in [-0.1, -0.05) is 18.2 Å². The minimum absolute atomic E-state index is 0.0118. The van der Waals surface area contributed by atoms with Crippen LogP contribution in [0.2, 0.25) is 0 Å². The molecular formula is C19H30N4O2. The van der Waals surface area contributed by atoms with E-state index < -0.39 is 0 Å². The lowest BCUT2D eigenvalue weighted by Crippen LogP contribution is -2.47. The molecule has 1 heterocycles. The number of carbonyl (C=O) groups is 1. The van der Waals surface area contributed by atoms with E-state index in [4.69, 9.17) is 15.5 Å². The monoisotopic (exact) mass is 346 g/mol. The van der Waals surface area contributed by atoms with Gasteiger partial charge in [0.15, 0.2) is 5.96 Å². The van der Waals surface area contributed by atoms with Crippen LogP contribution in [0.1, 0.15) is 33.1 Å². The molecule has 1 aliphatic rings. The molecule has 0 saturated carbocycles. The number of benzene rings is 1. The van der Waals surface area contributed by atoms with E-state index in [2.05, 4.69) is 17.1 Å². The summed E-state index contributed by atoms with van der Waals surface area (Å²) in [7, 11) is 0. The lowest BCUT2D eigenvalue weighted by molar-refractivity contribution is -0.119. The van der Waals surface area contributed by atoms with E-state index in [0.29, 0.717) is 18.9 Å². The fourth-order valence-corrected chi connectivity index (χ4v) is 3.12. The first-order valence-electron chi connectivity index (χ1n) is 9.11. The third-order valence-electron chi connectivity index (χ3n) is 4.22. The van der Waals surface area contributed by atoms with Crippen molar-refractivity contribution in [2.45, 2.75) is 39.2 Å². The topological polar surface area (TPSA) is 80.0 Å². The zero-order valence-corrected chi connectivity index (χ0v) is 15.3. The minimum atomic E-state index is -0.223. The number of ether oxygens (including phenoxy) is 1. The summed E-state index contributed by atoms with van der Waals surface area (Å²) in [5.41, 5.74) is 5.36. The van der Waals surface area contributed by atoms with Crippen LogP contribution in [-0.4, -0.2) is 49.0 Å². The van der Waals surface area contributed by atoms with Crippen LogP contribution in [-0.2, 0) is 4.79 Å². The quantitative estimate of drug-likeness (QED) is 0.585. The van der Waals surface area contributed by atoms with Gasteiger partial charge in [0, 0.05) is 26.1 Å². The smallest absolute Gasteiger partial charge is 0.217 e. The molecule has 2 atom stereocenters. The molecule has 0 bridgehead atoms. The van der Waals surface area contributed by atoms with Gasteiger partial charge in [-0.3, -0.25) is 4.79 Å². The van der Waals surface area contributed by atoms with Gasteiger partial charge in [0.1, 0.15) is 11.9 Å². The standard InChI is InChI=1S/C19H30N4O2/c1-3-21-19(23-11-7-8-16(14-23)12-18(20)24)22-13-15(2)25-17-9-5-4-6-10-17/h4-6,9-10,15-16H,3,7-8,11-14H2,1-2H3,(H2,20,24)(H,21,22). The maximum absolute atomic E-state index is 11.2. The van der Waals surface area contributed by atoms with Gasteiger partial charge in [-0.15, -0.1) is 0 Å². The van der Waals surface area contributed by atoms with E-state index in [-0.39, 0.29) is 12.0 Å². The van der Waals surface area contributed by atoms with Crippen LogP contribution in [0.15, 0.2) is 35.3 Å². The van der Waals surface area contributed by atoms with Crippen LogP contribution < -0.4 is 15.8 Å². The van der Waals surface area contributed by atoms with Crippen molar-refractivity contribution >= 4 is 11.9 Å². The molecule has 1 aromatic carbocycles. The van der Waals surface area contributed by atoms with Crippen molar-refractivity contribution in [1.82, 2.24) is 10.2 Å². The van der Waals surface area contributed by atoms with Crippen molar-refractivity contribution in [2.75, 3.05) is 26.2 Å². The highest BCUT2D eigenvalue weighted by molar-refractivity contribution is 5.80. The van der Waals surface area contributed by atoms with Crippen molar-refractivity contribution in [3.8, 4) is 5.75 Å². The fraction of sp³-hybridized carbons (Fsp3) is 0.579. The van der Waals surface area contributed by atoms with Crippen molar-refractivity contribution in [1.29, 1.82) is 0 Å². The van der Waals surface area contributed by atoms with Gasteiger partial charge in [0.25, 0.3) is 0 Å². The number of aliphatic imine (C=N–C) groups is 1. The molecule has 0 aromatic heterocycles. The summed E-state index contributed by atoms with van der Waals surface area (Å²) in [6.45, 7) is 7.24. The van der Waals surface area contributed by atoms with Gasteiger partial charge >= 0.3 is 0 Å². The molecule has 0 aliphatic carbocycles. The summed E-state index contributed by atoms with van der Waals surface area (Å²) in [5, 5.41) is 3.35. The van der Waals surface area contributed by atoms with Crippen LogP contribution in [0.5, 0.6) is 5.75 Å². The molecule has 0 spiro atoms. The summed E-state index contributed by atoms with van der Waals surface area (Å²) in [4.78, 5) is 18.2. The predicted molar refractivity (Wildman–Crippen MR) is 101 cm³/mol. The van der Waals surface area contributed by atoms with E-state index in [1.165, 1.54) is 0 Å². The van der Waals surface area contributed by atoms with Crippen molar-refractivity contribution < 1.29 is 9.53 Å². The number of carbonyl (C=O) groups excluding carboxylic acids is 1.